The summed E-state index contributed by atoms with van der Waals surface area (Å²) in [6.07, 6.45) is 1.64. The Balaban J connectivity index is 1.37. The van der Waals surface area contributed by atoms with Crippen molar-refractivity contribution in [3.05, 3.63) is 58.6 Å². The first-order chi connectivity index (χ1) is 13.0. The second-order valence-corrected chi connectivity index (χ2v) is 9.48. The molecule has 3 aromatic rings. The van der Waals surface area contributed by atoms with Crippen LogP contribution in [-0.4, -0.2) is 48.8 Å². The quantitative estimate of drug-likeness (QED) is 0.654. The number of thiazole rings is 1. The monoisotopic (exact) mass is 403 g/mol. The van der Waals surface area contributed by atoms with Gasteiger partial charge in [0.2, 0.25) is 10.0 Å². The molecule has 0 aliphatic carbocycles. The van der Waals surface area contributed by atoms with Crippen molar-refractivity contribution in [1.82, 2.24) is 14.2 Å². The van der Waals surface area contributed by atoms with Gasteiger partial charge in [-0.25, -0.2) is 13.4 Å². The Bertz CT molecular complexity index is 987. The number of aryl methyl sites for hydroxylation is 1. The van der Waals surface area contributed by atoms with Gasteiger partial charge in [0.15, 0.2) is 5.76 Å². The van der Waals surface area contributed by atoms with E-state index in [0.717, 1.165) is 28.6 Å². The van der Waals surface area contributed by atoms with E-state index in [1.807, 2.05) is 36.6 Å². The molecule has 0 amide bonds. The SMILES string of the molecule is Cc1ccc(S(=O)(=O)N2CCN(Cc3nc(-c4ccco4)cs3)CC2)cc1. The molecule has 0 saturated carbocycles. The second kappa shape index (κ2) is 7.55. The van der Waals surface area contributed by atoms with Gasteiger partial charge in [0.1, 0.15) is 10.7 Å². The topological polar surface area (TPSA) is 66.7 Å². The van der Waals surface area contributed by atoms with Crippen molar-refractivity contribution in [2.24, 2.45) is 0 Å². The Hall–Kier alpha value is -2.00. The smallest absolute Gasteiger partial charge is 0.243 e. The molecule has 1 aromatic carbocycles. The Morgan fingerprint density at radius 1 is 1.11 bits per heavy atom. The molecule has 1 aliphatic heterocycles. The summed E-state index contributed by atoms with van der Waals surface area (Å²) in [5, 5.41) is 3.00. The summed E-state index contributed by atoms with van der Waals surface area (Å²) in [5.41, 5.74) is 1.90. The molecule has 6 nitrogen and oxygen atoms in total. The maximum Gasteiger partial charge on any atom is 0.243 e. The number of rotatable bonds is 5. The predicted octanol–water partition coefficient (Wildman–Crippen LogP) is 3.22. The number of sulfonamides is 1. The van der Waals surface area contributed by atoms with Gasteiger partial charge >= 0.3 is 0 Å². The number of benzene rings is 1. The molecule has 8 heteroatoms. The molecular weight excluding hydrogens is 382 g/mol. The number of hydrogen-bond acceptors (Lipinski definition) is 6. The Morgan fingerprint density at radius 3 is 2.52 bits per heavy atom. The molecule has 1 saturated heterocycles. The van der Waals surface area contributed by atoms with E-state index in [2.05, 4.69) is 9.88 Å². The van der Waals surface area contributed by atoms with Crippen LogP contribution in [0.25, 0.3) is 11.5 Å². The highest BCUT2D eigenvalue weighted by Crippen LogP contribution is 2.24. The minimum absolute atomic E-state index is 0.365. The predicted molar refractivity (Wildman–Crippen MR) is 105 cm³/mol. The van der Waals surface area contributed by atoms with Gasteiger partial charge in [-0.1, -0.05) is 17.7 Å². The second-order valence-electron chi connectivity index (χ2n) is 6.60. The fourth-order valence-corrected chi connectivity index (χ4v) is 5.35. The van der Waals surface area contributed by atoms with E-state index in [9.17, 15) is 8.42 Å². The lowest BCUT2D eigenvalue weighted by Gasteiger charge is -2.33. The van der Waals surface area contributed by atoms with Crippen LogP contribution >= 0.6 is 11.3 Å². The van der Waals surface area contributed by atoms with Crippen molar-refractivity contribution >= 4 is 21.4 Å². The molecule has 1 aliphatic rings. The normalized spacial score (nSPS) is 16.6. The van der Waals surface area contributed by atoms with Crippen molar-refractivity contribution < 1.29 is 12.8 Å². The van der Waals surface area contributed by atoms with Gasteiger partial charge in [-0.2, -0.15) is 4.31 Å². The van der Waals surface area contributed by atoms with E-state index >= 15 is 0 Å². The first kappa shape index (κ1) is 18.4. The van der Waals surface area contributed by atoms with E-state index in [1.165, 1.54) is 0 Å². The van der Waals surface area contributed by atoms with Gasteiger partial charge in [0.25, 0.3) is 0 Å². The van der Waals surface area contributed by atoms with E-state index < -0.39 is 10.0 Å². The zero-order valence-electron chi connectivity index (χ0n) is 15.0. The number of furan rings is 1. The molecule has 0 N–H and O–H groups in total. The molecule has 3 heterocycles. The van der Waals surface area contributed by atoms with Gasteiger partial charge in [0, 0.05) is 31.6 Å². The first-order valence-corrected chi connectivity index (χ1v) is 11.1. The highest BCUT2D eigenvalue weighted by Gasteiger charge is 2.28. The first-order valence-electron chi connectivity index (χ1n) is 8.80. The Labute approximate surface area is 163 Å². The zero-order valence-corrected chi connectivity index (χ0v) is 16.7. The third-order valence-corrected chi connectivity index (χ3v) is 7.42. The third kappa shape index (κ3) is 3.98. The summed E-state index contributed by atoms with van der Waals surface area (Å²) in [6, 6.07) is 10.8. The van der Waals surface area contributed by atoms with Crippen LogP contribution in [0.5, 0.6) is 0 Å². The highest BCUT2D eigenvalue weighted by atomic mass is 32.2. The molecule has 1 fully saturated rings. The summed E-state index contributed by atoms with van der Waals surface area (Å²) in [7, 11) is -3.42. The van der Waals surface area contributed by atoms with Crippen molar-refractivity contribution in [2.75, 3.05) is 26.2 Å². The van der Waals surface area contributed by atoms with E-state index in [4.69, 9.17) is 4.42 Å². The molecule has 0 unspecified atom stereocenters. The summed E-state index contributed by atoms with van der Waals surface area (Å²) < 4.78 is 32.5. The largest absolute Gasteiger partial charge is 0.463 e. The van der Waals surface area contributed by atoms with Crippen LogP contribution in [-0.2, 0) is 16.6 Å². The highest BCUT2D eigenvalue weighted by molar-refractivity contribution is 7.89. The third-order valence-electron chi connectivity index (χ3n) is 4.67. The van der Waals surface area contributed by atoms with Gasteiger partial charge in [-0.15, -0.1) is 11.3 Å². The molecule has 0 bridgehead atoms. The molecular formula is C19H21N3O3S2. The van der Waals surface area contributed by atoms with Crippen molar-refractivity contribution in [2.45, 2.75) is 18.4 Å². The van der Waals surface area contributed by atoms with Crippen LogP contribution < -0.4 is 0 Å². The number of hydrogen-bond donors (Lipinski definition) is 0. The van der Waals surface area contributed by atoms with Crippen LogP contribution in [0.3, 0.4) is 0 Å². The maximum absolute atomic E-state index is 12.8. The summed E-state index contributed by atoms with van der Waals surface area (Å²) in [4.78, 5) is 7.23. The van der Waals surface area contributed by atoms with Gasteiger partial charge in [-0.3, -0.25) is 4.90 Å². The Morgan fingerprint density at radius 2 is 1.85 bits per heavy atom. The molecule has 0 spiro atoms. The van der Waals surface area contributed by atoms with Crippen molar-refractivity contribution in [3.63, 3.8) is 0 Å². The average Bonchev–Trinajstić information content (AvgIpc) is 3.34. The molecule has 27 heavy (non-hydrogen) atoms. The number of piperazine rings is 1. The Kier molecular flexibility index (Phi) is 5.14. The molecule has 0 atom stereocenters. The molecule has 2 aromatic heterocycles. The average molecular weight is 404 g/mol. The van der Waals surface area contributed by atoms with Crippen LogP contribution in [0.1, 0.15) is 10.6 Å². The zero-order chi connectivity index (χ0) is 18.9. The van der Waals surface area contributed by atoms with Crippen LogP contribution in [0, 0.1) is 6.92 Å². The van der Waals surface area contributed by atoms with Crippen LogP contribution in [0.4, 0.5) is 0 Å². The van der Waals surface area contributed by atoms with E-state index in [1.54, 1.807) is 34.0 Å². The number of nitrogens with zero attached hydrogens (tertiary/aromatic N) is 3. The standard InChI is InChI=1S/C19H21N3O3S2/c1-15-4-6-16(7-5-15)27(23,24)22-10-8-21(9-11-22)13-19-20-17(14-26-19)18-3-2-12-25-18/h2-7,12,14H,8-11,13H2,1H3. The summed E-state index contributed by atoms with van der Waals surface area (Å²) >= 11 is 1.60. The minimum atomic E-state index is -3.42. The van der Waals surface area contributed by atoms with Crippen LogP contribution in [0.2, 0.25) is 0 Å². The van der Waals surface area contributed by atoms with E-state index in [-0.39, 0.29) is 0 Å². The lowest BCUT2D eigenvalue weighted by Crippen LogP contribution is -2.48. The van der Waals surface area contributed by atoms with E-state index in [0.29, 0.717) is 31.1 Å². The van der Waals surface area contributed by atoms with Gasteiger partial charge in [0.05, 0.1) is 17.7 Å². The minimum Gasteiger partial charge on any atom is -0.463 e. The lowest BCUT2D eigenvalue weighted by atomic mass is 10.2. The van der Waals surface area contributed by atoms with Crippen LogP contribution in [0.15, 0.2) is 57.4 Å². The number of aromatic nitrogens is 1. The summed E-state index contributed by atoms with van der Waals surface area (Å²) in [5.74, 6) is 0.770. The van der Waals surface area contributed by atoms with Gasteiger partial charge in [-0.05, 0) is 31.2 Å². The van der Waals surface area contributed by atoms with Crippen molar-refractivity contribution in [1.29, 1.82) is 0 Å². The fourth-order valence-electron chi connectivity index (χ4n) is 3.10. The lowest BCUT2D eigenvalue weighted by molar-refractivity contribution is 0.181. The molecule has 4 rings (SSSR count). The maximum atomic E-state index is 12.8. The van der Waals surface area contributed by atoms with Crippen molar-refractivity contribution in [3.8, 4) is 11.5 Å². The summed E-state index contributed by atoms with van der Waals surface area (Å²) in [6.45, 7) is 5.05. The van der Waals surface area contributed by atoms with Gasteiger partial charge < -0.3 is 4.42 Å². The fraction of sp³-hybridized carbons (Fsp3) is 0.316. The molecule has 142 valence electrons. The molecule has 0 radical (unpaired) electrons.